The number of benzene rings is 3. The maximum atomic E-state index is 12.8. The molecule has 4 aromatic rings. The Morgan fingerprint density at radius 3 is 2.53 bits per heavy atom. The van der Waals surface area contributed by atoms with Crippen LogP contribution in [0.25, 0.3) is 22.1 Å². The molecule has 0 aliphatic carbocycles. The van der Waals surface area contributed by atoms with Crippen LogP contribution in [0.3, 0.4) is 0 Å². The van der Waals surface area contributed by atoms with E-state index in [9.17, 15) is 9.59 Å². The Balaban J connectivity index is 1.44. The van der Waals surface area contributed by atoms with E-state index in [0.29, 0.717) is 33.8 Å². The molecule has 0 unspecified atom stereocenters. The topological polar surface area (TPSA) is 68.5 Å². The van der Waals surface area contributed by atoms with Crippen LogP contribution in [0, 0.1) is 0 Å². The Kier molecular flexibility index (Phi) is 5.82. The van der Waals surface area contributed by atoms with E-state index in [1.54, 1.807) is 42.5 Å². The van der Waals surface area contributed by atoms with Crippen LogP contribution in [0.1, 0.15) is 5.56 Å². The highest BCUT2D eigenvalue weighted by Gasteiger charge is 2.11. The lowest BCUT2D eigenvalue weighted by molar-refractivity contribution is -0.123. The summed E-state index contributed by atoms with van der Waals surface area (Å²) in [6.07, 6.45) is 1.42. The van der Waals surface area contributed by atoms with Crippen molar-refractivity contribution in [1.82, 2.24) is 5.32 Å². The molecule has 1 heterocycles. The predicted octanol–water partition coefficient (Wildman–Crippen LogP) is 4.81. The summed E-state index contributed by atoms with van der Waals surface area (Å²) < 4.78 is 11.2. The number of amides is 1. The van der Waals surface area contributed by atoms with Gasteiger partial charge in [-0.2, -0.15) is 0 Å². The van der Waals surface area contributed by atoms with Gasteiger partial charge in [0.2, 0.25) is 0 Å². The highest BCUT2D eigenvalue weighted by Crippen LogP contribution is 2.24. The average molecular weight is 420 g/mol. The summed E-state index contributed by atoms with van der Waals surface area (Å²) in [6, 6.07) is 21.5. The van der Waals surface area contributed by atoms with Crippen LogP contribution in [0.2, 0.25) is 5.02 Å². The van der Waals surface area contributed by atoms with Crippen molar-refractivity contribution in [3.05, 3.63) is 99.9 Å². The molecule has 0 saturated carbocycles. The molecule has 6 heteroatoms. The first-order valence-electron chi connectivity index (χ1n) is 9.35. The normalized spacial score (nSPS) is 10.7. The molecule has 4 rings (SSSR count). The molecule has 0 radical (unpaired) electrons. The lowest BCUT2D eigenvalue weighted by Crippen LogP contribution is -2.28. The van der Waals surface area contributed by atoms with Crippen LogP contribution in [-0.2, 0) is 11.3 Å². The fourth-order valence-corrected chi connectivity index (χ4v) is 3.15. The number of ether oxygens (including phenoxy) is 1. The van der Waals surface area contributed by atoms with Crippen molar-refractivity contribution < 1.29 is 13.9 Å². The molecule has 0 saturated heterocycles. The summed E-state index contributed by atoms with van der Waals surface area (Å²) in [4.78, 5) is 24.8. The standard InChI is InChI=1S/C24H18ClNO4/c25-18-8-6-17(7-9-18)21-14-30-22-12-19(10-11-20(22)24(21)28)29-15-23(27)26-13-16-4-2-1-3-5-16/h1-12,14H,13,15H2,(H,26,27). The maximum Gasteiger partial charge on any atom is 0.258 e. The van der Waals surface area contributed by atoms with Gasteiger partial charge in [-0.25, -0.2) is 0 Å². The first kappa shape index (κ1) is 19.7. The van der Waals surface area contributed by atoms with Crippen LogP contribution in [-0.4, -0.2) is 12.5 Å². The van der Waals surface area contributed by atoms with Crippen LogP contribution in [0.4, 0.5) is 0 Å². The summed E-state index contributed by atoms with van der Waals surface area (Å²) in [6.45, 7) is 0.300. The Morgan fingerprint density at radius 1 is 1.00 bits per heavy atom. The second kappa shape index (κ2) is 8.84. The maximum absolute atomic E-state index is 12.8. The average Bonchev–Trinajstić information content (AvgIpc) is 2.78. The van der Waals surface area contributed by atoms with E-state index in [0.717, 1.165) is 11.1 Å². The minimum atomic E-state index is -0.238. The van der Waals surface area contributed by atoms with Crippen molar-refractivity contribution in [2.24, 2.45) is 0 Å². The number of hydrogen-bond acceptors (Lipinski definition) is 4. The van der Waals surface area contributed by atoms with E-state index in [2.05, 4.69) is 5.32 Å². The largest absolute Gasteiger partial charge is 0.484 e. The van der Waals surface area contributed by atoms with E-state index in [1.807, 2.05) is 30.3 Å². The number of carbonyl (C=O) groups is 1. The van der Waals surface area contributed by atoms with Gasteiger partial charge < -0.3 is 14.5 Å². The predicted molar refractivity (Wildman–Crippen MR) is 117 cm³/mol. The minimum Gasteiger partial charge on any atom is -0.484 e. The number of nitrogens with one attached hydrogen (secondary N) is 1. The number of fused-ring (bicyclic) bond motifs is 1. The van der Waals surface area contributed by atoms with Crippen LogP contribution in [0.15, 0.2) is 88.3 Å². The third kappa shape index (κ3) is 4.53. The summed E-state index contributed by atoms with van der Waals surface area (Å²) in [7, 11) is 0. The summed E-state index contributed by atoms with van der Waals surface area (Å²) >= 11 is 5.91. The molecule has 1 N–H and O–H groups in total. The zero-order valence-electron chi connectivity index (χ0n) is 15.9. The van der Waals surface area contributed by atoms with Gasteiger partial charge in [-0.15, -0.1) is 0 Å². The van der Waals surface area contributed by atoms with Gasteiger partial charge in [-0.05, 0) is 35.4 Å². The third-order valence-corrected chi connectivity index (χ3v) is 4.86. The molecule has 0 bridgehead atoms. The smallest absolute Gasteiger partial charge is 0.258 e. The van der Waals surface area contributed by atoms with Gasteiger partial charge in [-0.1, -0.05) is 54.1 Å². The van der Waals surface area contributed by atoms with Gasteiger partial charge in [0.25, 0.3) is 5.91 Å². The summed E-state index contributed by atoms with van der Waals surface area (Å²) in [5, 5.41) is 3.83. The highest BCUT2D eigenvalue weighted by atomic mass is 35.5. The second-order valence-electron chi connectivity index (χ2n) is 6.69. The number of hydrogen-bond donors (Lipinski definition) is 1. The molecule has 5 nitrogen and oxygen atoms in total. The molecule has 0 aliphatic heterocycles. The van der Waals surface area contributed by atoms with Crippen LogP contribution >= 0.6 is 11.6 Å². The van der Waals surface area contributed by atoms with E-state index in [-0.39, 0.29) is 17.9 Å². The molecule has 3 aromatic carbocycles. The fourth-order valence-electron chi connectivity index (χ4n) is 3.02. The van der Waals surface area contributed by atoms with Gasteiger partial charge in [0, 0.05) is 17.6 Å². The number of rotatable bonds is 6. The molecule has 0 aliphatic rings. The van der Waals surface area contributed by atoms with Crippen LogP contribution < -0.4 is 15.5 Å². The van der Waals surface area contributed by atoms with Crippen molar-refractivity contribution in [1.29, 1.82) is 0 Å². The van der Waals surface area contributed by atoms with Crippen LogP contribution in [0.5, 0.6) is 5.75 Å². The fraction of sp³-hybridized carbons (Fsp3) is 0.0833. The molecule has 150 valence electrons. The Labute approximate surface area is 177 Å². The van der Waals surface area contributed by atoms with Crippen molar-refractivity contribution in [3.63, 3.8) is 0 Å². The van der Waals surface area contributed by atoms with Gasteiger partial charge in [0.1, 0.15) is 17.6 Å². The van der Waals surface area contributed by atoms with Gasteiger partial charge in [-0.3, -0.25) is 9.59 Å². The van der Waals surface area contributed by atoms with Crippen molar-refractivity contribution in [2.45, 2.75) is 6.54 Å². The number of carbonyl (C=O) groups excluding carboxylic acids is 1. The molecule has 1 aromatic heterocycles. The molecule has 1 amide bonds. The Hall–Kier alpha value is -3.57. The van der Waals surface area contributed by atoms with E-state index in [1.165, 1.54) is 6.26 Å². The van der Waals surface area contributed by atoms with Gasteiger partial charge >= 0.3 is 0 Å². The quantitative estimate of drug-likeness (QED) is 0.487. The molecular weight excluding hydrogens is 402 g/mol. The van der Waals surface area contributed by atoms with Crippen molar-refractivity contribution >= 4 is 28.5 Å². The SMILES string of the molecule is O=C(COc1ccc2c(=O)c(-c3ccc(Cl)cc3)coc2c1)NCc1ccccc1. The summed E-state index contributed by atoms with van der Waals surface area (Å²) in [5.41, 5.74) is 2.43. The minimum absolute atomic E-state index is 0.134. The highest BCUT2D eigenvalue weighted by molar-refractivity contribution is 6.30. The Bertz CT molecular complexity index is 1230. The molecule has 0 atom stereocenters. The Morgan fingerprint density at radius 2 is 1.77 bits per heavy atom. The molecule has 0 spiro atoms. The van der Waals surface area contributed by atoms with E-state index < -0.39 is 0 Å². The zero-order valence-corrected chi connectivity index (χ0v) is 16.7. The summed E-state index contributed by atoms with van der Waals surface area (Å²) in [5.74, 6) is 0.207. The third-order valence-electron chi connectivity index (χ3n) is 4.60. The molecular formula is C24H18ClNO4. The molecule has 0 fully saturated rings. The lowest BCUT2D eigenvalue weighted by atomic mass is 10.1. The van der Waals surface area contributed by atoms with Crippen molar-refractivity contribution in [2.75, 3.05) is 6.61 Å². The second-order valence-corrected chi connectivity index (χ2v) is 7.13. The zero-order chi connectivity index (χ0) is 20.9. The van der Waals surface area contributed by atoms with E-state index >= 15 is 0 Å². The monoisotopic (exact) mass is 419 g/mol. The lowest BCUT2D eigenvalue weighted by Gasteiger charge is -2.09. The first-order chi connectivity index (χ1) is 14.6. The number of halogens is 1. The van der Waals surface area contributed by atoms with E-state index in [4.69, 9.17) is 20.8 Å². The van der Waals surface area contributed by atoms with Crippen molar-refractivity contribution in [3.8, 4) is 16.9 Å². The molecule has 30 heavy (non-hydrogen) atoms. The van der Waals surface area contributed by atoms with Gasteiger partial charge in [0.15, 0.2) is 12.0 Å². The van der Waals surface area contributed by atoms with Gasteiger partial charge in [0.05, 0.1) is 10.9 Å². The first-order valence-corrected chi connectivity index (χ1v) is 9.73.